The maximum Gasteiger partial charge on any atom is 0.417 e. The van der Waals surface area contributed by atoms with E-state index in [1.54, 1.807) is 42.5 Å². The van der Waals surface area contributed by atoms with Crippen LogP contribution in [-0.2, 0) is 11.2 Å². The van der Waals surface area contributed by atoms with E-state index in [0.717, 1.165) is 0 Å². The zero-order valence-electron chi connectivity index (χ0n) is 14.1. The molecule has 0 fully saturated rings. The number of hydrogen-bond acceptors (Lipinski definition) is 4. The number of anilines is 1. The van der Waals surface area contributed by atoms with Crippen LogP contribution in [0.15, 0.2) is 74.5 Å². The number of rotatable bonds is 5. The van der Waals surface area contributed by atoms with E-state index in [9.17, 15) is 14.0 Å². The minimum Gasteiger partial charge on any atom is -0.469 e. The number of carbonyl (C=O) groups is 1. The lowest BCUT2D eigenvalue weighted by atomic mass is 9.93. The molecule has 27 heavy (non-hydrogen) atoms. The summed E-state index contributed by atoms with van der Waals surface area (Å²) >= 11 is 0. The van der Waals surface area contributed by atoms with Gasteiger partial charge in [0.2, 0.25) is 5.91 Å². The van der Waals surface area contributed by atoms with Gasteiger partial charge in [-0.25, -0.2) is 9.18 Å². The highest BCUT2D eigenvalue weighted by atomic mass is 19.1. The second kappa shape index (κ2) is 6.95. The van der Waals surface area contributed by atoms with E-state index in [0.29, 0.717) is 34.5 Å². The van der Waals surface area contributed by atoms with Crippen LogP contribution in [-0.4, -0.2) is 10.9 Å². The van der Waals surface area contributed by atoms with Gasteiger partial charge in [-0.3, -0.25) is 9.78 Å². The molecule has 7 heteroatoms. The van der Waals surface area contributed by atoms with Gasteiger partial charge >= 0.3 is 5.76 Å². The van der Waals surface area contributed by atoms with Crippen molar-refractivity contribution in [3.05, 3.63) is 88.6 Å². The Hall–Kier alpha value is -3.61. The standard InChI is InChI=1S/C20H15FN2O4/c21-13-5-3-12(4-6-13)16(11-15-2-1-9-26-15)19(24)22-14-7-8-18-17(10-14)23-20(25)27-18/h1-10,16H,11H2,(H,22,24)(H,23,25). The fourth-order valence-corrected chi connectivity index (χ4v) is 2.95. The molecule has 2 N–H and O–H groups in total. The first-order chi connectivity index (χ1) is 13.1. The molecule has 0 saturated carbocycles. The van der Waals surface area contributed by atoms with Crippen LogP contribution in [0.25, 0.3) is 11.1 Å². The molecule has 6 nitrogen and oxygen atoms in total. The van der Waals surface area contributed by atoms with Gasteiger partial charge in [0.1, 0.15) is 11.6 Å². The normalized spacial score (nSPS) is 12.2. The third kappa shape index (κ3) is 3.67. The number of aromatic amines is 1. The van der Waals surface area contributed by atoms with Crippen LogP contribution in [0.4, 0.5) is 10.1 Å². The van der Waals surface area contributed by atoms with Crippen molar-refractivity contribution in [2.24, 2.45) is 0 Å². The number of nitrogens with one attached hydrogen (secondary N) is 2. The molecule has 136 valence electrons. The molecular formula is C20H15FN2O4. The quantitative estimate of drug-likeness (QED) is 0.562. The van der Waals surface area contributed by atoms with Gasteiger partial charge in [-0.05, 0) is 48.0 Å². The number of aromatic nitrogens is 1. The molecule has 2 aromatic carbocycles. The molecule has 0 radical (unpaired) electrons. The van der Waals surface area contributed by atoms with Gasteiger partial charge in [-0.15, -0.1) is 0 Å². The molecule has 0 saturated heterocycles. The summed E-state index contributed by atoms with van der Waals surface area (Å²) in [5.41, 5.74) is 2.07. The number of furan rings is 1. The highest BCUT2D eigenvalue weighted by molar-refractivity contribution is 5.97. The zero-order chi connectivity index (χ0) is 18.8. The Bertz CT molecular complexity index is 1130. The van der Waals surface area contributed by atoms with E-state index >= 15 is 0 Å². The van der Waals surface area contributed by atoms with E-state index in [2.05, 4.69) is 10.3 Å². The average Bonchev–Trinajstić information content (AvgIpc) is 3.28. The second-order valence-corrected chi connectivity index (χ2v) is 6.10. The SMILES string of the molecule is O=C(Nc1ccc2oc(=O)[nH]c2c1)C(Cc1ccco1)c1ccc(F)cc1. The third-order valence-corrected chi connectivity index (χ3v) is 4.26. The van der Waals surface area contributed by atoms with Crippen LogP contribution in [0.2, 0.25) is 0 Å². The Morgan fingerprint density at radius 2 is 1.96 bits per heavy atom. The number of fused-ring (bicyclic) bond motifs is 1. The van der Waals surface area contributed by atoms with Crippen LogP contribution >= 0.6 is 0 Å². The molecule has 4 rings (SSSR count). The summed E-state index contributed by atoms with van der Waals surface area (Å²) in [6, 6.07) is 14.2. The van der Waals surface area contributed by atoms with Gasteiger partial charge in [0.05, 0.1) is 17.7 Å². The first-order valence-corrected chi connectivity index (χ1v) is 8.30. The summed E-state index contributed by atoms with van der Waals surface area (Å²) in [5.74, 6) is -1.13. The Balaban J connectivity index is 1.62. The summed E-state index contributed by atoms with van der Waals surface area (Å²) in [4.78, 5) is 26.7. The number of benzene rings is 2. The topological polar surface area (TPSA) is 88.2 Å². The molecule has 0 aliphatic heterocycles. The lowest BCUT2D eigenvalue weighted by Crippen LogP contribution is -2.23. The van der Waals surface area contributed by atoms with Crippen molar-refractivity contribution >= 4 is 22.7 Å². The van der Waals surface area contributed by atoms with Crippen LogP contribution in [0.3, 0.4) is 0 Å². The average molecular weight is 366 g/mol. The van der Waals surface area contributed by atoms with E-state index in [1.165, 1.54) is 18.4 Å². The number of oxazole rings is 1. The van der Waals surface area contributed by atoms with Crippen LogP contribution in [0, 0.1) is 5.82 Å². The van der Waals surface area contributed by atoms with E-state index < -0.39 is 11.7 Å². The molecule has 1 amide bonds. The predicted octanol–water partition coefficient (Wildman–Crippen LogP) is 3.82. The predicted molar refractivity (Wildman–Crippen MR) is 97.0 cm³/mol. The summed E-state index contributed by atoms with van der Waals surface area (Å²) in [5, 5.41) is 2.83. The van der Waals surface area contributed by atoms with Gasteiger partial charge in [-0.2, -0.15) is 0 Å². The van der Waals surface area contributed by atoms with Crippen molar-refractivity contribution in [2.45, 2.75) is 12.3 Å². The Kier molecular flexibility index (Phi) is 4.33. The van der Waals surface area contributed by atoms with Crippen molar-refractivity contribution < 1.29 is 18.0 Å². The molecule has 1 atom stereocenters. The highest BCUT2D eigenvalue weighted by Gasteiger charge is 2.23. The monoisotopic (exact) mass is 366 g/mol. The minimum atomic E-state index is -0.573. The van der Waals surface area contributed by atoms with Crippen molar-refractivity contribution in [2.75, 3.05) is 5.32 Å². The Labute approximate surface area is 152 Å². The van der Waals surface area contributed by atoms with Crippen molar-refractivity contribution in [1.82, 2.24) is 4.98 Å². The smallest absolute Gasteiger partial charge is 0.417 e. The molecule has 2 aromatic heterocycles. The summed E-state index contributed by atoms with van der Waals surface area (Å²) in [7, 11) is 0. The molecular weight excluding hydrogens is 351 g/mol. The molecule has 2 heterocycles. The fraction of sp³-hybridized carbons (Fsp3) is 0.100. The number of H-pyrrole nitrogens is 1. The number of halogens is 1. The maximum atomic E-state index is 13.3. The fourth-order valence-electron chi connectivity index (χ4n) is 2.95. The molecule has 4 aromatic rings. The summed E-state index contributed by atoms with van der Waals surface area (Å²) in [6.07, 6.45) is 1.87. The largest absolute Gasteiger partial charge is 0.469 e. The molecule has 1 unspecified atom stereocenters. The molecule has 0 spiro atoms. The Morgan fingerprint density at radius 3 is 2.70 bits per heavy atom. The molecule has 0 aliphatic rings. The minimum absolute atomic E-state index is 0.275. The van der Waals surface area contributed by atoms with Crippen molar-refractivity contribution in [3.63, 3.8) is 0 Å². The van der Waals surface area contributed by atoms with Gasteiger partial charge in [0.15, 0.2) is 5.58 Å². The second-order valence-electron chi connectivity index (χ2n) is 6.10. The van der Waals surface area contributed by atoms with E-state index in [-0.39, 0.29) is 11.7 Å². The van der Waals surface area contributed by atoms with Gasteiger partial charge in [-0.1, -0.05) is 12.1 Å². The van der Waals surface area contributed by atoms with Crippen LogP contribution in [0.1, 0.15) is 17.2 Å². The number of carbonyl (C=O) groups excluding carboxylic acids is 1. The van der Waals surface area contributed by atoms with E-state index in [4.69, 9.17) is 8.83 Å². The summed E-state index contributed by atoms with van der Waals surface area (Å²) in [6.45, 7) is 0. The molecule has 0 aliphatic carbocycles. The number of hydrogen-bond donors (Lipinski definition) is 2. The Morgan fingerprint density at radius 1 is 1.15 bits per heavy atom. The van der Waals surface area contributed by atoms with E-state index in [1.807, 2.05) is 0 Å². The number of amides is 1. The maximum absolute atomic E-state index is 13.3. The highest BCUT2D eigenvalue weighted by Crippen LogP contribution is 2.25. The lowest BCUT2D eigenvalue weighted by Gasteiger charge is -2.16. The van der Waals surface area contributed by atoms with Gasteiger partial charge in [0, 0.05) is 12.1 Å². The molecule has 0 bridgehead atoms. The summed E-state index contributed by atoms with van der Waals surface area (Å²) < 4.78 is 23.6. The van der Waals surface area contributed by atoms with Crippen LogP contribution in [0.5, 0.6) is 0 Å². The van der Waals surface area contributed by atoms with Gasteiger partial charge < -0.3 is 14.2 Å². The van der Waals surface area contributed by atoms with Gasteiger partial charge in [0.25, 0.3) is 0 Å². The lowest BCUT2D eigenvalue weighted by molar-refractivity contribution is -0.117. The van der Waals surface area contributed by atoms with Crippen LogP contribution < -0.4 is 11.1 Å². The zero-order valence-corrected chi connectivity index (χ0v) is 14.1. The first-order valence-electron chi connectivity index (χ1n) is 8.30. The van der Waals surface area contributed by atoms with Crippen molar-refractivity contribution in [1.29, 1.82) is 0 Å². The first kappa shape index (κ1) is 16.8. The third-order valence-electron chi connectivity index (χ3n) is 4.26. The van der Waals surface area contributed by atoms with Crippen molar-refractivity contribution in [3.8, 4) is 0 Å².